The quantitative estimate of drug-likeness (QED) is 0.499. The second kappa shape index (κ2) is 7.21. The van der Waals surface area contributed by atoms with Crippen LogP contribution in [0, 0.1) is 13.8 Å². The molecular formula is C20H17ClN4OS. The van der Waals surface area contributed by atoms with Crippen LogP contribution in [0.1, 0.15) is 11.1 Å². The monoisotopic (exact) mass is 396 g/mol. The number of nitrogens with zero attached hydrogens (tertiary/aromatic N) is 3. The Labute approximate surface area is 165 Å². The molecule has 4 rings (SSSR count). The van der Waals surface area contributed by atoms with Gasteiger partial charge in [0.15, 0.2) is 10.8 Å². The van der Waals surface area contributed by atoms with Crippen molar-refractivity contribution < 1.29 is 4.79 Å². The molecule has 0 aliphatic heterocycles. The van der Waals surface area contributed by atoms with Crippen LogP contribution in [0.25, 0.3) is 16.6 Å². The smallest absolute Gasteiger partial charge is 0.234 e. The number of nitrogens with one attached hydrogen (secondary N) is 1. The average molecular weight is 397 g/mol. The molecule has 0 saturated heterocycles. The number of rotatable bonds is 4. The van der Waals surface area contributed by atoms with Crippen molar-refractivity contribution in [3.63, 3.8) is 0 Å². The molecule has 2 heterocycles. The predicted octanol–water partition coefficient (Wildman–Crippen LogP) is 4.88. The van der Waals surface area contributed by atoms with Crippen LogP contribution in [0.3, 0.4) is 0 Å². The fourth-order valence-corrected chi connectivity index (χ4v) is 3.94. The highest BCUT2D eigenvalue weighted by molar-refractivity contribution is 7.99. The molecule has 0 aliphatic rings. The summed E-state index contributed by atoms with van der Waals surface area (Å²) in [5.74, 6) is 0.119. The van der Waals surface area contributed by atoms with Crippen LogP contribution in [0.15, 0.2) is 53.7 Å². The van der Waals surface area contributed by atoms with Crippen LogP contribution in [-0.4, -0.2) is 26.3 Å². The van der Waals surface area contributed by atoms with E-state index in [1.165, 1.54) is 11.8 Å². The summed E-state index contributed by atoms with van der Waals surface area (Å²) in [6, 6.07) is 15.6. The Morgan fingerprint density at radius 2 is 1.93 bits per heavy atom. The van der Waals surface area contributed by atoms with Gasteiger partial charge in [-0.15, -0.1) is 10.2 Å². The van der Waals surface area contributed by atoms with Crippen molar-refractivity contribution >= 4 is 51.5 Å². The largest absolute Gasteiger partial charge is 0.325 e. The van der Waals surface area contributed by atoms with E-state index in [0.717, 1.165) is 33.4 Å². The van der Waals surface area contributed by atoms with Crippen molar-refractivity contribution in [2.45, 2.75) is 19.0 Å². The molecule has 1 N–H and O–H groups in total. The van der Waals surface area contributed by atoms with Crippen LogP contribution >= 0.6 is 23.4 Å². The topological polar surface area (TPSA) is 59.3 Å². The molecule has 1 amide bonds. The molecule has 0 atom stereocenters. The summed E-state index contributed by atoms with van der Waals surface area (Å²) in [7, 11) is 0. The van der Waals surface area contributed by atoms with Crippen molar-refractivity contribution in [2.75, 3.05) is 11.1 Å². The number of para-hydroxylation sites is 1. The van der Waals surface area contributed by atoms with E-state index in [9.17, 15) is 4.79 Å². The number of carbonyl (C=O) groups excluding carboxylic acids is 1. The lowest BCUT2D eigenvalue weighted by molar-refractivity contribution is -0.113. The molecule has 0 bridgehead atoms. The fraction of sp³-hybridized carbons (Fsp3) is 0.150. The maximum atomic E-state index is 12.4. The Kier molecular flexibility index (Phi) is 4.76. The van der Waals surface area contributed by atoms with E-state index in [0.29, 0.717) is 10.2 Å². The maximum absolute atomic E-state index is 12.4. The van der Waals surface area contributed by atoms with Crippen LogP contribution in [0.5, 0.6) is 0 Å². The predicted molar refractivity (Wildman–Crippen MR) is 111 cm³/mol. The van der Waals surface area contributed by atoms with Crippen LogP contribution in [0.4, 0.5) is 5.69 Å². The number of halogens is 1. The van der Waals surface area contributed by atoms with Gasteiger partial charge in [0.25, 0.3) is 0 Å². The number of fused-ring (bicyclic) bond motifs is 3. The molecule has 4 aromatic rings. The highest BCUT2D eigenvalue weighted by Gasteiger charge is 2.13. The second-order valence-corrected chi connectivity index (χ2v) is 7.70. The number of thioether (sulfide) groups is 1. The minimum atomic E-state index is -0.112. The van der Waals surface area contributed by atoms with Crippen molar-refractivity contribution in [1.82, 2.24) is 14.6 Å². The Morgan fingerprint density at radius 3 is 2.78 bits per heavy atom. The van der Waals surface area contributed by atoms with Gasteiger partial charge in [0.2, 0.25) is 5.91 Å². The highest BCUT2D eigenvalue weighted by Crippen LogP contribution is 2.26. The van der Waals surface area contributed by atoms with Crippen molar-refractivity contribution in [2.24, 2.45) is 0 Å². The van der Waals surface area contributed by atoms with E-state index in [1.54, 1.807) is 12.1 Å². The van der Waals surface area contributed by atoms with Crippen molar-refractivity contribution in [3.8, 4) is 0 Å². The number of aromatic nitrogens is 3. The van der Waals surface area contributed by atoms with Gasteiger partial charge in [-0.1, -0.05) is 47.6 Å². The standard InChI is InChI=1S/C20H17ClN4OS/c1-12-7-8-14(21)10-16(12)22-19(26)11-27-20-24-23-18-9-13(2)15-5-3-4-6-17(15)25(18)20/h3-10H,11H2,1-2H3,(H,22,26). The van der Waals surface area contributed by atoms with Crippen molar-refractivity contribution in [3.05, 3.63) is 64.7 Å². The molecule has 0 fully saturated rings. The maximum Gasteiger partial charge on any atom is 0.234 e. The van der Waals surface area contributed by atoms with E-state index in [1.807, 2.05) is 41.7 Å². The van der Waals surface area contributed by atoms with Gasteiger partial charge in [0, 0.05) is 16.1 Å². The first-order valence-electron chi connectivity index (χ1n) is 8.45. The first-order chi connectivity index (χ1) is 13.0. The first-order valence-corrected chi connectivity index (χ1v) is 9.81. The number of hydrogen-bond donors (Lipinski definition) is 1. The Hall–Kier alpha value is -2.57. The van der Waals surface area contributed by atoms with E-state index >= 15 is 0 Å². The van der Waals surface area contributed by atoms with Gasteiger partial charge >= 0.3 is 0 Å². The first kappa shape index (κ1) is 17.8. The molecule has 5 nitrogen and oxygen atoms in total. The third-order valence-corrected chi connectivity index (χ3v) is 5.54. The Morgan fingerprint density at radius 1 is 1.11 bits per heavy atom. The molecule has 136 valence electrons. The molecule has 0 saturated carbocycles. The molecule has 0 aliphatic carbocycles. The Balaban J connectivity index is 1.58. The van der Waals surface area contributed by atoms with E-state index < -0.39 is 0 Å². The number of aryl methyl sites for hydroxylation is 2. The number of benzene rings is 2. The van der Waals surface area contributed by atoms with Gasteiger partial charge in [-0.2, -0.15) is 0 Å². The fourth-order valence-electron chi connectivity index (χ4n) is 3.01. The zero-order valence-corrected chi connectivity index (χ0v) is 16.4. The number of pyridine rings is 1. The zero-order chi connectivity index (χ0) is 19.0. The summed E-state index contributed by atoms with van der Waals surface area (Å²) in [5, 5.41) is 13.9. The summed E-state index contributed by atoms with van der Waals surface area (Å²) >= 11 is 7.37. The summed E-state index contributed by atoms with van der Waals surface area (Å²) < 4.78 is 1.99. The molecule has 0 radical (unpaired) electrons. The van der Waals surface area contributed by atoms with E-state index in [2.05, 4.69) is 28.5 Å². The van der Waals surface area contributed by atoms with E-state index in [-0.39, 0.29) is 11.7 Å². The number of amides is 1. The number of anilines is 1. The molecule has 2 aromatic heterocycles. The second-order valence-electron chi connectivity index (χ2n) is 6.32. The molecule has 27 heavy (non-hydrogen) atoms. The van der Waals surface area contributed by atoms with Crippen LogP contribution in [0.2, 0.25) is 5.02 Å². The molecule has 0 spiro atoms. The lowest BCUT2D eigenvalue weighted by atomic mass is 10.1. The normalized spacial score (nSPS) is 11.2. The van der Waals surface area contributed by atoms with Gasteiger partial charge in [0.1, 0.15) is 0 Å². The molecule has 0 unspecified atom stereocenters. The van der Waals surface area contributed by atoms with Gasteiger partial charge in [-0.3, -0.25) is 9.20 Å². The lowest BCUT2D eigenvalue weighted by Gasteiger charge is -2.09. The SMILES string of the molecule is Cc1ccc(Cl)cc1NC(=O)CSc1nnc2cc(C)c3ccccc3n12. The zero-order valence-electron chi connectivity index (χ0n) is 14.9. The van der Waals surface area contributed by atoms with Crippen LogP contribution in [-0.2, 0) is 4.79 Å². The van der Waals surface area contributed by atoms with Gasteiger partial charge in [-0.25, -0.2) is 0 Å². The Bertz CT molecular complexity index is 1170. The molecular weight excluding hydrogens is 380 g/mol. The third kappa shape index (κ3) is 3.50. The van der Waals surface area contributed by atoms with Crippen molar-refractivity contribution in [1.29, 1.82) is 0 Å². The minimum absolute atomic E-state index is 0.112. The number of carbonyl (C=O) groups is 1. The van der Waals surface area contributed by atoms with Gasteiger partial charge < -0.3 is 5.32 Å². The van der Waals surface area contributed by atoms with E-state index in [4.69, 9.17) is 11.6 Å². The minimum Gasteiger partial charge on any atom is -0.325 e. The molecule has 7 heteroatoms. The number of hydrogen-bond acceptors (Lipinski definition) is 4. The lowest BCUT2D eigenvalue weighted by Crippen LogP contribution is -2.15. The van der Waals surface area contributed by atoms with Gasteiger partial charge in [-0.05, 0) is 49.2 Å². The van der Waals surface area contributed by atoms with Gasteiger partial charge in [0.05, 0.1) is 11.3 Å². The van der Waals surface area contributed by atoms with Crippen LogP contribution < -0.4 is 5.32 Å². The average Bonchev–Trinajstić information content (AvgIpc) is 3.06. The summed E-state index contributed by atoms with van der Waals surface area (Å²) in [6.45, 7) is 3.99. The molecule has 2 aromatic carbocycles. The summed E-state index contributed by atoms with van der Waals surface area (Å²) in [5.41, 5.74) is 4.65. The third-order valence-electron chi connectivity index (χ3n) is 4.38. The summed E-state index contributed by atoms with van der Waals surface area (Å²) in [4.78, 5) is 12.4. The highest BCUT2D eigenvalue weighted by atomic mass is 35.5. The summed E-state index contributed by atoms with van der Waals surface area (Å²) in [6.07, 6.45) is 0.